The molecular weight excluding hydrogens is 303 g/mol. The highest BCUT2D eigenvalue weighted by Crippen LogP contribution is 2.22. The third-order valence-corrected chi connectivity index (χ3v) is 2.97. The Hall–Kier alpha value is -2.11. The Labute approximate surface area is 124 Å². The van der Waals surface area contributed by atoms with Crippen molar-refractivity contribution in [2.24, 2.45) is 0 Å². The fourth-order valence-corrected chi connectivity index (χ4v) is 1.99. The van der Waals surface area contributed by atoms with Crippen LogP contribution in [0, 0.1) is 0 Å². The van der Waals surface area contributed by atoms with E-state index < -0.39 is 11.9 Å². The van der Waals surface area contributed by atoms with Gasteiger partial charge in [-0.15, -0.1) is 0 Å². The quantitative estimate of drug-likeness (QED) is 0.911. The molecule has 1 aromatic heterocycles. The van der Waals surface area contributed by atoms with Gasteiger partial charge in [0.25, 0.3) is 5.91 Å². The van der Waals surface area contributed by atoms with Gasteiger partial charge < -0.3 is 10.4 Å². The van der Waals surface area contributed by atoms with Gasteiger partial charge in [0.15, 0.2) is 0 Å². The number of amides is 1. The molecule has 2 N–H and O–H groups in total. The Morgan fingerprint density at radius 2 is 1.90 bits per heavy atom. The lowest BCUT2D eigenvalue weighted by atomic mass is 10.2. The largest absolute Gasteiger partial charge is 0.478 e. The molecule has 0 saturated carbocycles. The number of anilines is 1. The van der Waals surface area contributed by atoms with E-state index in [0.29, 0.717) is 5.02 Å². The summed E-state index contributed by atoms with van der Waals surface area (Å²) < 4.78 is 0. The van der Waals surface area contributed by atoms with Gasteiger partial charge in [-0.1, -0.05) is 23.2 Å². The van der Waals surface area contributed by atoms with E-state index in [2.05, 4.69) is 10.3 Å². The van der Waals surface area contributed by atoms with Crippen LogP contribution in [0.3, 0.4) is 0 Å². The number of rotatable bonds is 3. The van der Waals surface area contributed by atoms with Gasteiger partial charge >= 0.3 is 5.97 Å². The minimum absolute atomic E-state index is 0.0231. The molecule has 1 heterocycles. The lowest BCUT2D eigenvalue weighted by molar-refractivity contribution is 0.0696. The lowest BCUT2D eigenvalue weighted by Crippen LogP contribution is -2.13. The molecule has 0 radical (unpaired) electrons. The number of benzene rings is 1. The zero-order valence-electron chi connectivity index (χ0n) is 9.93. The standard InChI is InChI=1S/C13H8Cl2N2O3/c14-8-1-2-10(11(15)4-8)12(18)17-9-3-7(13(19)20)5-16-6-9/h1-6H,(H,17,18)(H,19,20). The zero-order valence-corrected chi connectivity index (χ0v) is 11.4. The third kappa shape index (κ3) is 3.26. The predicted molar refractivity (Wildman–Crippen MR) is 75.6 cm³/mol. The normalized spacial score (nSPS) is 10.1. The Morgan fingerprint density at radius 1 is 1.15 bits per heavy atom. The van der Waals surface area contributed by atoms with Crippen molar-refractivity contribution in [2.75, 3.05) is 5.32 Å². The first-order valence-electron chi connectivity index (χ1n) is 5.42. The minimum Gasteiger partial charge on any atom is -0.478 e. The number of aromatic nitrogens is 1. The van der Waals surface area contributed by atoms with Crippen LogP contribution in [0.1, 0.15) is 20.7 Å². The summed E-state index contributed by atoms with van der Waals surface area (Å²) in [6.45, 7) is 0. The highest BCUT2D eigenvalue weighted by Gasteiger charge is 2.12. The van der Waals surface area contributed by atoms with E-state index in [1.807, 2.05) is 0 Å². The first kappa shape index (κ1) is 14.3. The van der Waals surface area contributed by atoms with Crippen molar-refractivity contribution in [1.29, 1.82) is 0 Å². The molecule has 0 atom stereocenters. The van der Waals surface area contributed by atoms with E-state index in [0.717, 1.165) is 0 Å². The van der Waals surface area contributed by atoms with Gasteiger partial charge in [0.1, 0.15) is 0 Å². The Kier molecular flexibility index (Phi) is 4.22. The zero-order chi connectivity index (χ0) is 14.7. The Morgan fingerprint density at radius 3 is 2.55 bits per heavy atom. The number of carboxylic acids is 1. The molecule has 0 aliphatic rings. The Balaban J connectivity index is 2.23. The molecule has 0 aliphatic heterocycles. The van der Waals surface area contributed by atoms with Crippen molar-refractivity contribution in [3.8, 4) is 0 Å². The van der Waals surface area contributed by atoms with E-state index in [-0.39, 0.29) is 21.8 Å². The summed E-state index contributed by atoms with van der Waals surface area (Å²) in [5.41, 5.74) is 0.475. The van der Waals surface area contributed by atoms with Gasteiger partial charge in [-0.25, -0.2) is 4.79 Å². The Bertz CT molecular complexity index is 689. The summed E-state index contributed by atoms with van der Waals surface area (Å²) in [5, 5.41) is 12.0. The van der Waals surface area contributed by atoms with Crippen LogP contribution in [0.4, 0.5) is 5.69 Å². The molecule has 7 heteroatoms. The number of carboxylic acid groups (broad SMARTS) is 1. The second-order valence-electron chi connectivity index (χ2n) is 3.85. The molecule has 0 fully saturated rings. The molecule has 102 valence electrons. The lowest BCUT2D eigenvalue weighted by Gasteiger charge is -2.07. The van der Waals surface area contributed by atoms with Crippen molar-refractivity contribution in [2.45, 2.75) is 0 Å². The van der Waals surface area contributed by atoms with Crippen LogP contribution in [-0.2, 0) is 0 Å². The van der Waals surface area contributed by atoms with Crippen LogP contribution < -0.4 is 5.32 Å². The van der Waals surface area contributed by atoms with Crippen LogP contribution >= 0.6 is 23.2 Å². The number of nitrogens with zero attached hydrogens (tertiary/aromatic N) is 1. The fourth-order valence-electron chi connectivity index (χ4n) is 1.50. The molecule has 0 aliphatic carbocycles. The van der Waals surface area contributed by atoms with Crippen molar-refractivity contribution in [3.05, 3.63) is 57.8 Å². The average Bonchev–Trinajstić information content (AvgIpc) is 2.38. The fraction of sp³-hybridized carbons (Fsp3) is 0. The number of hydrogen-bond acceptors (Lipinski definition) is 3. The highest BCUT2D eigenvalue weighted by atomic mass is 35.5. The van der Waals surface area contributed by atoms with Crippen molar-refractivity contribution in [3.63, 3.8) is 0 Å². The summed E-state index contributed by atoms with van der Waals surface area (Å²) in [6.07, 6.45) is 2.53. The molecule has 0 spiro atoms. The second-order valence-corrected chi connectivity index (χ2v) is 4.69. The van der Waals surface area contributed by atoms with Crippen LogP contribution in [0.25, 0.3) is 0 Å². The number of carbonyl (C=O) groups excluding carboxylic acids is 1. The molecule has 0 bridgehead atoms. The average molecular weight is 311 g/mol. The number of pyridine rings is 1. The molecule has 1 aromatic carbocycles. The van der Waals surface area contributed by atoms with Crippen molar-refractivity contribution < 1.29 is 14.7 Å². The smallest absolute Gasteiger partial charge is 0.337 e. The van der Waals surface area contributed by atoms with Crippen LogP contribution in [0.15, 0.2) is 36.7 Å². The van der Waals surface area contributed by atoms with Crippen molar-refractivity contribution >= 4 is 40.8 Å². The molecule has 0 unspecified atom stereocenters. The summed E-state index contributed by atoms with van der Waals surface area (Å²) in [6, 6.07) is 5.77. The van der Waals surface area contributed by atoms with Crippen LogP contribution in [0.5, 0.6) is 0 Å². The molecule has 2 rings (SSSR count). The predicted octanol–water partition coefficient (Wildman–Crippen LogP) is 3.34. The van der Waals surface area contributed by atoms with Crippen molar-refractivity contribution in [1.82, 2.24) is 4.98 Å². The molecule has 1 amide bonds. The first-order chi connectivity index (χ1) is 9.47. The maximum absolute atomic E-state index is 12.0. The monoisotopic (exact) mass is 310 g/mol. The number of aromatic carboxylic acids is 1. The van der Waals surface area contributed by atoms with Gasteiger partial charge in [0.05, 0.1) is 28.0 Å². The number of carbonyl (C=O) groups is 2. The van der Waals surface area contributed by atoms with E-state index in [4.69, 9.17) is 28.3 Å². The topological polar surface area (TPSA) is 79.3 Å². The van der Waals surface area contributed by atoms with E-state index in [1.165, 1.54) is 36.7 Å². The number of halogens is 2. The summed E-state index contributed by atoms with van der Waals surface area (Å²) in [4.78, 5) is 26.6. The molecular formula is C13H8Cl2N2O3. The summed E-state index contributed by atoms with van der Waals surface area (Å²) in [5.74, 6) is -1.60. The number of nitrogens with one attached hydrogen (secondary N) is 1. The van der Waals surface area contributed by atoms with Gasteiger partial charge in [-0.05, 0) is 24.3 Å². The molecule has 0 saturated heterocycles. The SMILES string of the molecule is O=C(O)c1cncc(NC(=O)c2ccc(Cl)cc2Cl)c1. The number of hydrogen-bond donors (Lipinski definition) is 2. The summed E-state index contributed by atoms with van der Waals surface area (Å²) >= 11 is 11.7. The molecule has 20 heavy (non-hydrogen) atoms. The van der Waals surface area contributed by atoms with E-state index in [9.17, 15) is 9.59 Å². The van der Waals surface area contributed by atoms with E-state index >= 15 is 0 Å². The minimum atomic E-state index is -1.13. The highest BCUT2D eigenvalue weighted by molar-refractivity contribution is 6.37. The molecule has 2 aromatic rings. The van der Waals surface area contributed by atoms with E-state index in [1.54, 1.807) is 0 Å². The van der Waals surface area contributed by atoms with Gasteiger partial charge in [0.2, 0.25) is 0 Å². The van der Waals surface area contributed by atoms with Gasteiger partial charge in [-0.3, -0.25) is 9.78 Å². The summed E-state index contributed by atoms with van der Waals surface area (Å²) in [7, 11) is 0. The van der Waals surface area contributed by atoms with Crippen LogP contribution in [-0.4, -0.2) is 22.0 Å². The molecule has 5 nitrogen and oxygen atoms in total. The van der Waals surface area contributed by atoms with Gasteiger partial charge in [0, 0.05) is 11.2 Å². The van der Waals surface area contributed by atoms with Crippen LogP contribution in [0.2, 0.25) is 10.0 Å². The first-order valence-corrected chi connectivity index (χ1v) is 6.17. The third-order valence-electron chi connectivity index (χ3n) is 2.42. The second kappa shape index (κ2) is 5.90. The maximum Gasteiger partial charge on any atom is 0.337 e. The van der Waals surface area contributed by atoms with Gasteiger partial charge in [-0.2, -0.15) is 0 Å². The maximum atomic E-state index is 12.0.